The van der Waals surface area contributed by atoms with Gasteiger partial charge in [0, 0.05) is 12.1 Å². The highest BCUT2D eigenvalue weighted by Crippen LogP contribution is 2.27. The molecular weight excluding hydrogens is 298 g/mol. The van der Waals surface area contributed by atoms with Gasteiger partial charge < -0.3 is 20.6 Å². The lowest BCUT2D eigenvalue weighted by atomic mass is 9.86. The smallest absolute Gasteiger partial charge is 0.318 e. The minimum absolute atomic E-state index is 0.0186. The van der Waals surface area contributed by atoms with Crippen LogP contribution in [0.15, 0.2) is 0 Å². The van der Waals surface area contributed by atoms with E-state index < -0.39 is 5.97 Å². The molecule has 3 amide bonds. The van der Waals surface area contributed by atoms with E-state index in [-0.39, 0.29) is 42.5 Å². The van der Waals surface area contributed by atoms with Crippen LogP contribution in [0.25, 0.3) is 0 Å². The number of carboxylic acid groups (broad SMARTS) is 1. The second-order valence-corrected chi connectivity index (χ2v) is 6.99. The Kier molecular flexibility index (Phi) is 4.73. The van der Waals surface area contributed by atoms with Crippen LogP contribution in [0.3, 0.4) is 0 Å². The van der Waals surface area contributed by atoms with Crippen LogP contribution >= 0.6 is 0 Å². The summed E-state index contributed by atoms with van der Waals surface area (Å²) in [5.74, 6) is -1.11. The summed E-state index contributed by atoms with van der Waals surface area (Å²) in [5.41, 5.74) is 0. The third-order valence-corrected chi connectivity index (χ3v) is 5.46. The van der Waals surface area contributed by atoms with E-state index in [2.05, 4.69) is 10.6 Å². The van der Waals surface area contributed by atoms with Crippen LogP contribution in [0.5, 0.6) is 0 Å². The fraction of sp³-hybridized carbons (Fsp3) is 0.812. The van der Waals surface area contributed by atoms with Gasteiger partial charge in [0.25, 0.3) is 0 Å². The summed E-state index contributed by atoms with van der Waals surface area (Å²) in [6.45, 7) is 0.122. The predicted molar refractivity (Wildman–Crippen MR) is 82.8 cm³/mol. The topological polar surface area (TPSA) is 98.7 Å². The standard InChI is InChI=1S/C16H25N3O4/c20-14-9-19(13-4-2-1-3-12(13)18-14)16(23)17-11-7-5-10(6-8-11)15(21)22/h10-13H,1-9H2,(H,17,23)(H,18,20)(H,21,22). The van der Waals surface area contributed by atoms with Crippen molar-refractivity contribution in [3.8, 4) is 0 Å². The molecule has 2 atom stereocenters. The number of hydrogen-bond donors (Lipinski definition) is 3. The lowest BCUT2D eigenvalue weighted by Crippen LogP contribution is -2.65. The molecule has 3 aliphatic rings. The predicted octanol–water partition coefficient (Wildman–Crippen LogP) is 1.08. The number of nitrogens with one attached hydrogen (secondary N) is 2. The Bertz CT molecular complexity index is 488. The number of aliphatic carboxylic acids is 1. The summed E-state index contributed by atoms with van der Waals surface area (Å²) in [6.07, 6.45) is 6.64. The van der Waals surface area contributed by atoms with Crippen LogP contribution < -0.4 is 10.6 Å². The highest BCUT2D eigenvalue weighted by atomic mass is 16.4. The average molecular weight is 323 g/mol. The number of rotatable bonds is 2. The Labute approximate surface area is 135 Å². The monoisotopic (exact) mass is 323 g/mol. The van der Waals surface area contributed by atoms with E-state index in [1.165, 1.54) is 0 Å². The Hall–Kier alpha value is -1.79. The van der Waals surface area contributed by atoms with Gasteiger partial charge in [0.05, 0.1) is 12.0 Å². The van der Waals surface area contributed by atoms with E-state index in [1.807, 2.05) is 0 Å². The zero-order valence-corrected chi connectivity index (χ0v) is 13.3. The number of carboxylic acids is 1. The number of carbonyl (C=O) groups is 3. The maximum Gasteiger partial charge on any atom is 0.318 e. The van der Waals surface area contributed by atoms with E-state index in [4.69, 9.17) is 5.11 Å². The van der Waals surface area contributed by atoms with Gasteiger partial charge in [-0.3, -0.25) is 9.59 Å². The maximum absolute atomic E-state index is 12.6. The van der Waals surface area contributed by atoms with Crippen molar-refractivity contribution in [2.45, 2.75) is 69.5 Å². The molecule has 2 aliphatic carbocycles. The average Bonchev–Trinajstić information content (AvgIpc) is 2.54. The molecule has 7 heteroatoms. The number of carbonyl (C=O) groups excluding carboxylic acids is 2. The summed E-state index contributed by atoms with van der Waals surface area (Å²) in [7, 11) is 0. The molecule has 23 heavy (non-hydrogen) atoms. The fourth-order valence-corrected chi connectivity index (χ4v) is 4.14. The maximum atomic E-state index is 12.6. The molecule has 0 radical (unpaired) electrons. The van der Waals surface area contributed by atoms with Gasteiger partial charge in [-0.1, -0.05) is 12.8 Å². The van der Waals surface area contributed by atoms with Gasteiger partial charge in [0.2, 0.25) is 5.91 Å². The van der Waals surface area contributed by atoms with Crippen molar-refractivity contribution in [3.63, 3.8) is 0 Å². The normalized spacial score (nSPS) is 34.3. The zero-order chi connectivity index (χ0) is 16.4. The molecule has 3 N–H and O–H groups in total. The van der Waals surface area contributed by atoms with E-state index in [1.54, 1.807) is 4.90 Å². The van der Waals surface area contributed by atoms with Crippen LogP contribution in [0.4, 0.5) is 4.79 Å². The number of hydrogen-bond acceptors (Lipinski definition) is 3. The van der Waals surface area contributed by atoms with Crippen LogP contribution in [0.1, 0.15) is 51.4 Å². The summed E-state index contributed by atoms with van der Waals surface area (Å²) >= 11 is 0. The van der Waals surface area contributed by atoms with E-state index in [9.17, 15) is 14.4 Å². The van der Waals surface area contributed by atoms with Crippen molar-refractivity contribution in [1.82, 2.24) is 15.5 Å². The minimum Gasteiger partial charge on any atom is -0.481 e. The minimum atomic E-state index is -0.743. The molecule has 3 rings (SSSR count). The van der Waals surface area contributed by atoms with Crippen molar-refractivity contribution in [1.29, 1.82) is 0 Å². The summed E-state index contributed by atoms with van der Waals surface area (Å²) in [5, 5.41) is 15.0. The van der Waals surface area contributed by atoms with Crippen LogP contribution in [0.2, 0.25) is 0 Å². The number of piperazine rings is 1. The molecule has 3 fully saturated rings. The second kappa shape index (κ2) is 6.76. The Balaban J connectivity index is 1.57. The zero-order valence-electron chi connectivity index (χ0n) is 13.3. The SMILES string of the molecule is O=C1CN(C(=O)NC2CCC(C(=O)O)CC2)C2CCCCC2N1. The first-order valence-electron chi connectivity index (χ1n) is 8.64. The second-order valence-electron chi connectivity index (χ2n) is 6.99. The van der Waals surface area contributed by atoms with Crippen LogP contribution in [-0.2, 0) is 9.59 Å². The van der Waals surface area contributed by atoms with E-state index >= 15 is 0 Å². The van der Waals surface area contributed by atoms with E-state index in [0.29, 0.717) is 25.7 Å². The van der Waals surface area contributed by atoms with E-state index in [0.717, 1.165) is 25.7 Å². The third kappa shape index (κ3) is 3.59. The number of urea groups is 1. The summed E-state index contributed by atoms with van der Waals surface area (Å²) in [6, 6.07) is 0.0240. The van der Waals surface area contributed by atoms with Gasteiger partial charge >= 0.3 is 12.0 Å². The van der Waals surface area contributed by atoms with Gasteiger partial charge in [0.15, 0.2) is 0 Å². The molecular formula is C16H25N3O4. The van der Waals surface area contributed by atoms with Crippen molar-refractivity contribution in [3.05, 3.63) is 0 Å². The lowest BCUT2D eigenvalue weighted by Gasteiger charge is -2.44. The molecule has 1 aliphatic heterocycles. The van der Waals surface area contributed by atoms with Gasteiger partial charge in [-0.25, -0.2) is 4.79 Å². The first-order chi connectivity index (χ1) is 11.0. The molecule has 2 saturated carbocycles. The third-order valence-electron chi connectivity index (χ3n) is 5.46. The molecule has 0 spiro atoms. The van der Waals surface area contributed by atoms with Gasteiger partial charge in [-0.15, -0.1) is 0 Å². The number of fused-ring (bicyclic) bond motifs is 1. The number of nitrogens with zero attached hydrogens (tertiary/aromatic N) is 1. The fourth-order valence-electron chi connectivity index (χ4n) is 4.14. The molecule has 0 aromatic rings. The highest BCUT2D eigenvalue weighted by Gasteiger charge is 2.39. The molecule has 128 valence electrons. The van der Waals surface area contributed by atoms with Crippen molar-refractivity contribution in [2.75, 3.05) is 6.54 Å². The molecule has 1 saturated heterocycles. The quantitative estimate of drug-likeness (QED) is 0.708. The highest BCUT2D eigenvalue weighted by molar-refractivity contribution is 5.86. The van der Waals surface area contributed by atoms with Gasteiger partial charge in [-0.2, -0.15) is 0 Å². The van der Waals surface area contributed by atoms with Gasteiger partial charge in [-0.05, 0) is 38.5 Å². The first-order valence-corrected chi connectivity index (χ1v) is 8.64. The molecule has 7 nitrogen and oxygen atoms in total. The summed E-state index contributed by atoms with van der Waals surface area (Å²) < 4.78 is 0. The van der Waals surface area contributed by atoms with Crippen LogP contribution in [-0.4, -0.2) is 52.6 Å². The van der Waals surface area contributed by atoms with Crippen LogP contribution in [0, 0.1) is 5.92 Å². The molecule has 0 aromatic carbocycles. The first kappa shape index (κ1) is 16.1. The number of amides is 3. The van der Waals surface area contributed by atoms with Crippen molar-refractivity contribution < 1.29 is 19.5 Å². The Morgan fingerprint density at radius 2 is 1.78 bits per heavy atom. The Morgan fingerprint density at radius 3 is 2.48 bits per heavy atom. The molecule has 1 heterocycles. The lowest BCUT2D eigenvalue weighted by molar-refractivity contribution is -0.142. The Morgan fingerprint density at radius 1 is 1.09 bits per heavy atom. The molecule has 0 bridgehead atoms. The molecule has 2 unspecified atom stereocenters. The molecule has 0 aromatic heterocycles. The largest absolute Gasteiger partial charge is 0.481 e. The van der Waals surface area contributed by atoms with Crippen molar-refractivity contribution >= 4 is 17.9 Å². The summed E-state index contributed by atoms with van der Waals surface area (Å²) in [4.78, 5) is 37.1. The van der Waals surface area contributed by atoms with Crippen molar-refractivity contribution in [2.24, 2.45) is 5.92 Å². The van der Waals surface area contributed by atoms with Gasteiger partial charge in [0.1, 0.15) is 6.54 Å².